The van der Waals surface area contributed by atoms with Crippen LogP contribution in [0.5, 0.6) is 0 Å². The molecule has 2 N–H and O–H groups in total. The van der Waals surface area contributed by atoms with E-state index >= 15 is 0 Å². The van der Waals surface area contributed by atoms with Crippen molar-refractivity contribution in [2.75, 3.05) is 0 Å². The van der Waals surface area contributed by atoms with Gasteiger partial charge in [-0.25, -0.2) is 0 Å². The Morgan fingerprint density at radius 2 is 1.18 bits per heavy atom. The largest absolute Gasteiger partial charge is 0.481 e. The molecule has 7 nitrogen and oxygen atoms in total. The molecule has 0 fully saturated rings. The van der Waals surface area contributed by atoms with E-state index < -0.39 is 48.6 Å². The van der Waals surface area contributed by atoms with Gasteiger partial charge in [-0.3, -0.25) is 19.2 Å². The van der Waals surface area contributed by atoms with Crippen molar-refractivity contribution in [3.8, 4) is 0 Å². The van der Waals surface area contributed by atoms with Gasteiger partial charge in [0.2, 0.25) is 0 Å². The molecule has 0 saturated carbocycles. The number of carbonyl (C=O) groups excluding carboxylic acids is 2. The molecule has 0 spiro atoms. The minimum absolute atomic E-state index is 0.445. The molecule has 0 bridgehead atoms. The van der Waals surface area contributed by atoms with Crippen LogP contribution in [0.4, 0.5) is 0 Å². The van der Waals surface area contributed by atoms with Gasteiger partial charge >= 0.3 is 23.9 Å². The number of carboxylic acids is 2. The van der Waals surface area contributed by atoms with Crippen molar-refractivity contribution in [3.63, 3.8) is 0 Å². The zero-order valence-corrected chi connectivity index (χ0v) is 9.50. The third-order valence-electron chi connectivity index (χ3n) is 1.97. The molecule has 0 aromatic carbocycles. The highest BCUT2D eigenvalue weighted by atomic mass is 16.6. The first-order valence-electron chi connectivity index (χ1n) is 4.93. The van der Waals surface area contributed by atoms with Gasteiger partial charge in [-0.1, -0.05) is 13.8 Å². The third kappa shape index (κ3) is 6.29. The first-order valence-corrected chi connectivity index (χ1v) is 4.93. The first-order chi connectivity index (χ1) is 7.73. The summed E-state index contributed by atoms with van der Waals surface area (Å²) in [5.74, 6) is -6.19. The maximum absolute atomic E-state index is 11.2. The second-order valence-corrected chi connectivity index (χ2v) is 3.74. The van der Waals surface area contributed by atoms with E-state index in [1.807, 2.05) is 0 Å². The molecule has 96 valence electrons. The average molecular weight is 246 g/mol. The molecule has 7 heteroatoms. The number of esters is 2. The van der Waals surface area contributed by atoms with E-state index in [4.69, 9.17) is 10.2 Å². The van der Waals surface area contributed by atoms with Crippen LogP contribution in [-0.2, 0) is 23.9 Å². The van der Waals surface area contributed by atoms with Gasteiger partial charge in [0.15, 0.2) is 0 Å². The van der Waals surface area contributed by atoms with E-state index in [0.29, 0.717) is 0 Å². The summed E-state index contributed by atoms with van der Waals surface area (Å²) in [5, 5.41) is 16.8. The van der Waals surface area contributed by atoms with Gasteiger partial charge in [0.25, 0.3) is 0 Å². The van der Waals surface area contributed by atoms with Gasteiger partial charge in [-0.2, -0.15) is 0 Å². The summed E-state index contributed by atoms with van der Waals surface area (Å²) in [6, 6.07) is 0. The van der Waals surface area contributed by atoms with Crippen LogP contribution in [0.25, 0.3) is 0 Å². The molecule has 0 aromatic heterocycles. The lowest BCUT2D eigenvalue weighted by Gasteiger charge is -2.10. The zero-order chi connectivity index (χ0) is 13.6. The number of hydrogen-bond acceptors (Lipinski definition) is 5. The van der Waals surface area contributed by atoms with Gasteiger partial charge in [0.1, 0.15) is 0 Å². The van der Waals surface area contributed by atoms with Gasteiger partial charge < -0.3 is 14.9 Å². The quantitative estimate of drug-likeness (QED) is 0.510. The second-order valence-electron chi connectivity index (χ2n) is 3.74. The molecule has 0 heterocycles. The van der Waals surface area contributed by atoms with Gasteiger partial charge in [0, 0.05) is 0 Å². The first kappa shape index (κ1) is 15.1. The van der Waals surface area contributed by atoms with Crippen molar-refractivity contribution in [1.29, 1.82) is 0 Å². The zero-order valence-electron chi connectivity index (χ0n) is 9.50. The minimum Gasteiger partial charge on any atom is -0.481 e. The predicted molar refractivity (Wildman–Crippen MR) is 53.9 cm³/mol. The van der Waals surface area contributed by atoms with Crippen molar-refractivity contribution < 1.29 is 34.1 Å². The Morgan fingerprint density at radius 1 is 0.882 bits per heavy atom. The molecular formula is C10H14O7. The van der Waals surface area contributed by atoms with Crippen LogP contribution in [0.3, 0.4) is 0 Å². The second kappa shape index (κ2) is 6.62. The molecule has 0 rings (SSSR count). The molecule has 0 radical (unpaired) electrons. The lowest BCUT2D eigenvalue weighted by molar-refractivity contribution is -0.167. The Labute approximate surface area is 97.4 Å². The van der Waals surface area contributed by atoms with E-state index in [0.717, 1.165) is 0 Å². The molecule has 2 unspecified atom stereocenters. The van der Waals surface area contributed by atoms with E-state index in [-0.39, 0.29) is 0 Å². The van der Waals surface area contributed by atoms with Crippen LogP contribution >= 0.6 is 0 Å². The number of hydrogen-bond donors (Lipinski definition) is 2. The number of rotatable bonds is 6. The standard InChI is InChI=1S/C10H14O7/c1-5(3-7(11)12)9(15)17-10(16)6(2)4-8(13)14/h5-6H,3-4H2,1-2H3,(H,11,12)(H,13,14). The van der Waals surface area contributed by atoms with Gasteiger partial charge in [-0.05, 0) is 0 Å². The van der Waals surface area contributed by atoms with Crippen molar-refractivity contribution in [2.45, 2.75) is 26.7 Å². The van der Waals surface area contributed by atoms with E-state index in [2.05, 4.69) is 4.74 Å². The molecule has 0 aromatic rings. The fourth-order valence-electron chi connectivity index (χ4n) is 0.991. The van der Waals surface area contributed by atoms with Gasteiger partial charge in [-0.15, -0.1) is 0 Å². The smallest absolute Gasteiger partial charge is 0.316 e. The highest BCUT2D eigenvalue weighted by molar-refractivity contribution is 5.90. The number of carboxylic acid groups (broad SMARTS) is 2. The molecule has 2 atom stereocenters. The molecular weight excluding hydrogens is 232 g/mol. The highest BCUT2D eigenvalue weighted by Crippen LogP contribution is 2.09. The predicted octanol–water partition coefficient (Wildman–Crippen LogP) is 0.278. The number of carbonyl (C=O) groups is 4. The molecule has 0 aliphatic carbocycles. The Kier molecular flexibility index (Phi) is 5.87. The Bertz CT molecular complexity index is 302. The topological polar surface area (TPSA) is 118 Å². The van der Waals surface area contributed by atoms with E-state index in [1.54, 1.807) is 0 Å². The summed E-state index contributed by atoms with van der Waals surface area (Å²) in [6.07, 6.45) is -0.890. The van der Waals surface area contributed by atoms with E-state index in [9.17, 15) is 19.2 Å². The van der Waals surface area contributed by atoms with Gasteiger partial charge in [0.05, 0.1) is 24.7 Å². The van der Waals surface area contributed by atoms with Crippen LogP contribution in [0, 0.1) is 11.8 Å². The summed E-state index contributed by atoms with van der Waals surface area (Å²) in [6.45, 7) is 2.62. The summed E-state index contributed by atoms with van der Waals surface area (Å²) in [7, 11) is 0. The number of aliphatic carboxylic acids is 2. The lowest BCUT2D eigenvalue weighted by atomic mass is 10.1. The summed E-state index contributed by atoms with van der Waals surface area (Å²) < 4.78 is 4.37. The Morgan fingerprint density at radius 3 is 1.41 bits per heavy atom. The van der Waals surface area contributed by atoms with Crippen molar-refractivity contribution in [2.24, 2.45) is 11.8 Å². The molecule has 17 heavy (non-hydrogen) atoms. The van der Waals surface area contributed by atoms with Crippen molar-refractivity contribution >= 4 is 23.9 Å². The van der Waals surface area contributed by atoms with Crippen LogP contribution in [0.15, 0.2) is 0 Å². The summed E-state index contributed by atoms with van der Waals surface area (Å²) >= 11 is 0. The highest BCUT2D eigenvalue weighted by Gasteiger charge is 2.25. The maximum atomic E-state index is 11.2. The fourth-order valence-corrected chi connectivity index (χ4v) is 0.991. The summed E-state index contributed by atoms with van der Waals surface area (Å²) in [5.41, 5.74) is 0. The Balaban J connectivity index is 4.24. The van der Waals surface area contributed by atoms with E-state index in [1.165, 1.54) is 13.8 Å². The normalized spacial score (nSPS) is 13.5. The average Bonchev–Trinajstić information content (AvgIpc) is 2.15. The van der Waals surface area contributed by atoms with Crippen molar-refractivity contribution in [3.05, 3.63) is 0 Å². The summed E-state index contributed by atoms with van der Waals surface area (Å²) in [4.78, 5) is 43.1. The van der Waals surface area contributed by atoms with Crippen LogP contribution in [0.2, 0.25) is 0 Å². The molecule has 0 saturated heterocycles. The SMILES string of the molecule is CC(CC(=O)O)C(=O)OC(=O)C(C)CC(=O)O. The van der Waals surface area contributed by atoms with Crippen LogP contribution < -0.4 is 0 Å². The maximum Gasteiger partial charge on any atom is 0.316 e. The third-order valence-corrected chi connectivity index (χ3v) is 1.97. The number of ether oxygens (including phenoxy) is 1. The van der Waals surface area contributed by atoms with Crippen LogP contribution in [-0.4, -0.2) is 34.1 Å². The van der Waals surface area contributed by atoms with Crippen LogP contribution in [0.1, 0.15) is 26.7 Å². The minimum atomic E-state index is -1.18. The molecule has 0 aliphatic rings. The fraction of sp³-hybridized carbons (Fsp3) is 0.600. The monoisotopic (exact) mass is 246 g/mol. The molecule has 0 aliphatic heterocycles. The molecule has 0 amide bonds. The Hall–Kier alpha value is -1.92. The lowest BCUT2D eigenvalue weighted by Crippen LogP contribution is -2.26. The van der Waals surface area contributed by atoms with Crippen molar-refractivity contribution in [1.82, 2.24) is 0 Å².